The van der Waals surface area contributed by atoms with E-state index >= 15 is 0 Å². The Morgan fingerprint density at radius 2 is 1.80 bits per heavy atom. The molecule has 0 bridgehead atoms. The van der Waals surface area contributed by atoms with Crippen LogP contribution in [0.2, 0.25) is 0 Å². The van der Waals surface area contributed by atoms with E-state index in [0.717, 1.165) is 55.8 Å². The van der Waals surface area contributed by atoms with E-state index in [1.807, 2.05) is 36.5 Å². The maximum Gasteiger partial charge on any atom is 0.293 e. The number of allylic oxidation sites excluding steroid dienone is 4. The van der Waals surface area contributed by atoms with Crippen LogP contribution in [0.5, 0.6) is 0 Å². The minimum atomic E-state index is -0.163. The van der Waals surface area contributed by atoms with Crippen LogP contribution in [0.4, 0.5) is 11.4 Å². The molecule has 1 unspecified atom stereocenters. The number of benzene rings is 3. The lowest BCUT2D eigenvalue weighted by Crippen LogP contribution is -2.28. The predicted octanol–water partition coefficient (Wildman–Crippen LogP) is 8.81. The van der Waals surface area contributed by atoms with Crippen LogP contribution in [0.15, 0.2) is 94.5 Å². The largest absolute Gasteiger partial charge is 0.468 e. The second kappa shape index (κ2) is 12.8. The molecule has 1 atom stereocenters. The number of carbonyl (C=O) groups excluding carboxylic acids is 1. The molecular weight excluding hydrogens is 516 g/mol. The van der Waals surface area contributed by atoms with Crippen LogP contribution in [-0.4, -0.2) is 36.1 Å². The van der Waals surface area contributed by atoms with Crippen molar-refractivity contribution in [2.24, 2.45) is 10.9 Å². The summed E-state index contributed by atoms with van der Waals surface area (Å²) in [6.45, 7) is 6.59. The summed E-state index contributed by atoms with van der Waals surface area (Å²) in [6.07, 6.45) is 12.6. The molecule has 0 fully saturated rings. The van der Waals surface area contributed by atoms with Crippen LogP contribution in [0.1, 0.15) is 57.9 Å². The Bertz CT molecular complexity index is 1480. The molecule has 1 aliphatic carbocycles. The third-order valence-electron chi connectivity index (χ3n) is 8.16. The molecule has 2 aliphatic rings. The van der Waals surface area contributed by atoms with Crippen molar-refractivity contribution < 1.29 is 14.1 Å². The Morgan fingerprint density at radius 3 is 2.62 bits per heavy atom. The van der Waals surface area contributed by atoms with Gasteiger partial charge in [-0.1, -0.05) is 60.1 Å². The van der Waals surface area contributed by atoms with Gasteiger partial charge in [0.15, 0.2) is 5.71 Å². The molecule has 206 valence electrons. The summed E-state index contributed by atoms with van der Waals surface area (Å²) in [5.74, 6) is 0.141. The zero-order valence-corrected chi connectivity index (χ0v) is 24.2. The van der Waals surface area contributed by atoms with Crippen LogP contribution in [0, 0.1) is 5.92 Å². The second-order valence-corrected chi connectivity index (χ2v) is 11.6. The zero-order chi connectivity index (χ0) is 28.0. The number of carbonyl (C=O) groups is 1. The average molecular weight is 554 g/mol. The first-order chi connectivity index (χ1) is 19.5. The van der Waals surface area contributed by atoms with Crippen molar-refractivity contribution in [2.45, 2.75) is 57.8 Å². The maximum absolute atomic E-state index is 10.5. The van der Waals surface area contributed by atoms with E-state index in [-0.39, 0.29) is 11.3 Å². The van der Waals surface area contributed by atoms with Crippen molar-refractivity contribution in [3.8, 4) is 0 Å². The van der Waals surface area contributed by atoms with Crippen LogP contribution in [-0.2, 0) is 14.9 Å². The van der Waals surface area contributed by atoms with Crippen LogP contribution in [0.3, 0.4) is 0 Å². The van der Waals surface area contributed by atoms with E-state index in [4.69, 9.17) is 21.3 Å². The lowest BCUT2D eigenvalue weighted by atomic mass is 9.78. The van der Waals surface area contributed by atoms with Crippen molar-refractivity contribution >= 4 is 52.1 Å². The standard InChI is InChI=1S/C35H38ClN2O2/c1-35(2)32(21-19-27-13-11-14-28(34(27)36)24-37-29-15-5-3-6-16-29)38(22-9-4-10-23-40-25-39)31-20-18-26-12-7-8-17-30(26)33(31)35/h3,5-8,12,15-21,24-25,28H,4,9-11,13-14,22-23H2,1-2H3/q+1/b21-19+,37-24?. The van der Waals surface area contributed by atoms with Gasteiger partial charge >= 0.3 is 0 Å². The molecule has 0 N–H and O–H groups in total. The summed E-state index contributed by atoms with van der Waals surface area (Å²) in [5, 5.41) is 3.48. The van der Waals surface area contributed by atoms with Gasteiger partial charge in [-0.2, -0.15) is 4.58 Å². The van der Waals surface area contributed by atoms with Gasteiger partial charge in [-0.3, -0.25) is 9.79 Å². The first-order valence-corrected chi connectivity index (χ1v) is 14.8. The van der Waals surface area contributed by atoms with Crippen molar-refractivity contribution in [2.75, 3.05) is 13.2 Å². The Balaban J connectivity index is 1.46. The van der Waals surface area contributed by atoms with Crippen molar-refractivity contribution in [3.05, 3.63) is 95.1 Å². The molecule has 0 aromatic heterocycles. The minimum absolute atomic E-state index is 0.141. The molecule has 1 aliphatic heterocycles. The summed E-state index contributed by atoms with van der Waals surface area (Å²) in [4.78, 5) is 15.2. The Hall–Kier alpha value is -3.50. The predicted molar refractivity (Wildman–Crippen MR) is 167 cm³/mol. The van der Waals surface area contributed by atoms with Gasteiger partial charge in [0, 0.05) is 41.3 Å². The minimum Gasteiger partial charge on any atom is -0.468 e. The molecule has 0 radical (unpaired) electrons. The molecular formula is C35H38ClN2O2+. The highest BCUT2D eigenvalue weighted by Crippen LogP contribution is 2.44. The van der Waals surface area contributed by atoms with Crippen LogP contribution >= 0.6 is 11.6 Å². The molecule has 0 saturated carbocycles. The third-order valence-corrected chi connectivity index (χ3v) is 8.68. The van der Waals surface area contributed by atoms with Gasteiger partial charge in [-0.25, -0.2) is 0 Å². The number of halogens is 1. The summed E-state index contributed by atoms with van der Waals surface area (Å²) in [5.41, 5.74) is 5.95. The van der Waals surface area contributed by atoms with Crippen molar-refractivity contribution in [3.63, 3.8) is 0 Å². The van der Waals surface area contributed by atoms with Gasteiger partial charge < -0.3 is 4.74 Å². The van der Waals surface area contributed by atoms with E-state index in [1.54, 1.807) is 0 Å². The number of aliphatic imine (C=N–C) groups is 1. The number of ether oxygens (including phenoxy) is 1. The van der Waals surface area contributed by atoms with Crippen molar-refractivity contribution in [1.29, 1.82) is 0 Å². The molecule has 3 aromatic carbocycles. The van der Waals surface area contributed by atoms with Gasteiger partial charge in [0.25, 0.3) is 6.47 Å². The topological polar surface area (TPSA) is 41.7 Å². The number of fused-ring (bicyclic) bond motifs is 3. The normalized spacial score (nSPS) is 18.7. The van der Waals surface area contributed by atoms with E-state index in [9.17, 15) is 4.79 Å². The molecule has 40 heavy (non-hydrogen) atoms. The Kier molecular flexibility index (Phi) is 8.96. The first-order valence-electron chi connectivity index (χ1n) is 14.4. The SMILES string of the molecule is CC1(C)C(/C=C/C2=C(Cl)C(C=Nc3ccccc3)CCC2)=[N+](CCCCCOC=O)c2ccc3ccccc3c21. The lowest BCUT2D eigenvalue weighted by molar-refractivity contribution is -0.438. The third kappa shape index (κ3) is 5.97. The highest BCUT2D eigenvalue weighted by atomic mass is 35.5. The average Bonchev–Trinajstić information content (AvgIpc) is 3.19. The second-order valence-electron chi connectivity index (χ2n) is 11.2. The van der Waals surface area contributed by atoms with E-state index < -0.39 is 0 Å². The van der Waals surface area contributed by atoms with Gasteiger partial charge in [-0.15, -0.1) is 0 Å². The van der Waals surface area contributed by atoms with Gasteiger partial charge in [0.05, 0.1) is 17.7 Å². The monoisotopic (exact) mass is 553 g/mol. The number of rotatable bonds is 11. The fourth-order valence-corrected chi connectivity index (χ4v) is 6.45. The summed E-state index contributed by atoms with van der Waals surface area (Å²) in [7, 11) is 0. The fourth-order valence-electron chi connectivity index (χ4n) is 6.13. The van der Waals surface area contributed by atoms with Gasteiger partial charge in [0.1, 0.15) is 6.54 Å². The summed E-state index contributed by atoms with van der Waals surface area (Å²) in [6, 6.07) is 23.2. The fraction of sp³-hybridized carbons (Fsp3) is 0.343. The quantitative estimate of drug-likeness (QED) is 0.103. The molecule has 0 amide bonds. The van der Waals surface area contributed by atoms with E-state index in [2.05, 4.69) is 67.0 Å². The molecule has 4 nitrogen and oxygen atoms in total. The van der Waals surface area contributed by atoms with Crippen LogP contribution in [0.25, 0.3) is 10.8 Å². The van der Waals surface area contributed by atoms with E-state index in [1.165, 1.54) is 33.3 Å². The van der Waals surface area contributed by atoms with Crippen LogP contribution < -0.4 is 0 Å². The van der Waals surface area contributed by atoms with Gasteiger partial charge in [0.2, 0.25) is 5.69 Å². The molecule has 0 spiro atoms. The smallest absolute Gasteiger partial charge is 0.293 e. The molecule has 5 rings (SSSR count). The summed E-state index contributed by atoms with van der Waals surface area (Å²) >= 11 is 7.00. The number of nitrogens with zero attached hydrogens (tertiary/aromatic N) is 2. The highest BCUT2D eigenvalue weighted by molar-refractivity contribution is 6.31. The zero-order valence-electron chi connectivity index (χ0n) is 23.5. The Morgan fingerprint density at radius 1 is 1.00 bits per heavy atom. The highest BCUT2D eigenvalue weighted by Gasteiger charge is 2.45. The number of unbranched alkanes of at least 4 members (excludes halogenated alkanes) is 2. The van der Waals surface area contributed by atoms with Crippen molar-refractivity contribution in [1.82, 2.24) is 0 Å². The molecule has 5 heteroatoms. The number of hydrogen-bond donors (Lipinski definition) is 0. The molecule has 0 saturated heterocycles. The molecule has 3 aromatic rings. The number of para-hydroxylation sites is 1. The Labute approximate surface area is 242 Å². The van der Waals surface area contributed by atoms with Gasteiger partial charge in [-0.05, 0) is 80.5 Å². The van der Waals surface area contributed by atoms with E-state index in [0.29, 0.717) is 13.1 Å². The maximum atomic E-state index is 10.5. The number of hydrogen-bond acceptors (Lipinski definition) is 3. The summed E-state index contributed by atoms with van der Waals surface area (Å²) < 4.78 is 7.38. The first kappa shape index (κ1) is 28.0. The molecule has 1 heterocycles. The lowest BCUT2D eigenvalue weighted by Gasteiger charge is -2.21.